The van der Waals surface area contributed by atoms with Gasteiger partial charge in [0.1, 0.15) is 0 Å². The Balaban J connectivity index is 0. The van der Waals surface area contributed by atoms with Gasteiger partial charge in [-0.15, -0.1) is 0 Å². The molecule has 11 heteroatoms. The van der Waals surface area contributed by atoms with Crippen LogP contribution in [0.1, 0.15) is 33.1 Å². The van der Waals surface area contributed by atoms with Gasteiger partial charge in [-0.1, -0.05) is 20.3 Å². The van der Waals surface area contributed by atoms with Crippen molar-refractivity contribution in [1.29, 1.82) is 0 Å². The first-order valence-corrected chi connectivity index (χ1v) is 8.87. The molecule has 0 aromatic rings. The van der Waals surface area contributed by atoms with Crippen LogP contribution >= 0.6 is 15.2 Å². The van der Waals surface area contributed by atoms with Gasteiger partial charge in [0.2, 0.25) is 0 Å². The van der Waals surface area contributed by atoms with Crippen LogP contribution in [0.15, 0.2) is 0 Å². The summed E-state index contributed by atoms with van der Waals surface area (Å²) in [5.41, 5.74) is 0. The van der Waals surface area contributed by atoms with Crippen LogP contribution in [-0.4, -0.2) is 20.0 Å². The molecule has 7 nitrogen and oxygen atoms in total. The first kappa shape index (κ1) is 24.5. The van der Waals surface area contributed by atoms with Gasteiger partial charge in [0.05, 0.1) is 0 Å². The summed E-state index contributed by atoms with van der Waals surface area (Å²) < 4.78 is 22.4. The van der Waals surface area contributed by atoms with E-state index in [2.05, 4.69) is 0 Å². The number of hydrogen-bond donors (Lipinski definition) is 3. The molecule has 0 aromatic carbocycles. The molecule has 20 heavy (non-hydrogen) atoms. The summed E-state index contributed by atoms with van der Waals surface area (Å²) in [6.07, 6.45) is 1.88. The number of aliphatic hydroxyl groups is 1. The maximum absolute atomic E-state index is 11.2. The second-order valence-corrected chi connectivity index (χ2v) is 8.99. The molecule has 3 N–H and O–H groups in total. The van der Waals surface area contributed by atoms with Crippen molar-refractivity contribution < 1.29 is 92.9 Å². The summed E-state index contributed by atoms with van der Waals surface area (Å²) in [5, 5.41) is 6.34. The molecule has 0 spiro atoms. The van der Waals surface area contributed by atoms with Crippen LogP contribution in [-0.2, 0) is 9.13 Å². The molecule has 1 saturated carbocycles. The van der Waals surface area contributed by atoms with Gasteiger partial charge in [0.25, 0.3) is 0 Å². The predicted octanol–water partition coefficient (Wildman–Crippen LogP) is -6.20. The Labute approximate surface area is 162 Å². The molecule has 108 valence electrons. The van der Waals surface area contributed by atoms with Crippen molar-refractivity contribution in [1.82, 2.24) is 0 Å². The van der Waals surface area contributed by atoms with Gasteiger partial charge < -0.3 is 33.8 Å². The minimum Gasteiger partial charge on any atom is -0.776 e. The Morgan fingerprint density at radius 3 is 1.80 bits per heavy atom. The van der Waals surface area contributed by atoms with E-state index in [1.54, 1.807) is 0 Å². The molecule has 0 aromatic heterocycles. The third-order valence-electron chi connectivity index (χ3n) is 3.89. The molecule has 0 aliphatic heterocycles. The molecule has 1 aliphatic carbocycles. The average molecular weight is 346 g/mol. The zero-order chi connectivity index (χ0) is 14.4. The standard InChI is InChI=1S/C9H20O7P2.2Na/c1-6-3-4-8(5-6)7(2)9(10,17(11,12)13)18(14,15)16;;/h6-8,10H,3-5H2,1-2H3,(H2,11,12,13)(H2,14,15,16);;/q;2*+1/p-2. The van der Waals surface area contributed by atoms with E-state index in [1.165, 1.54) is 6.92 Å². The SMILES string of the molecule is CC1CCC(C(C)C(O)(P(=O)([O-])O)P(=O)([O-])O)C1.[Na+].[Na+]. The molecule has 0 heterocycles. The van der Waals surface area contributed by atoms with Crippen LogP contribution in [0.25, 0.3) is 0 Å². The van der Waals surface area contributed by atoms with Crippen molar-refractivity contribution in [2.45, 2.75) is 38.2 Å². The van der Waals surface area contributed by atoms with Gasteiger partial charge in [-0.05, 0) is 24.7 Å². The predicted molar refractivity (Wildman–Crippen MR) is 60.3 cm³/mol. The van der Waals surface area contributed by atoms with Crippen molar-refractivity contribution >= 4 is 15.2 Å². The van der Waals surface area contributed by atoms with Crippen molar-refractivity contribution in [2.75, 3.05) is 0 Å². The van der Waals surface area contributed by atoms with E-state index in [9.17, 15) is 24.0 Å². The first-order valence-electron chi connectivity index (χ1n) is 5.71. The molecule has 5 unspecified atom stereocenters. The fourth-order valence-corrected chi connectivity index (χ4v) is 5.42. The fraction of sp³-hybridized carbons (Fsp3) is 1.00. The minimum absolute atomic E-state index is 0. The van der Waals surface area contributed by atoms with Crippen LogP contribution in [0.3, 0.4) is 0 Å². The number of rotatable bonds is 4. The van der Waals surface area contributed by atoms with Crippen LogP contribution in [0.2, 0.25) is 0 Å². The van der Waals surface area contributed by atoms with Gasteiger partial charge in [-0.2, -0.15) is 0 Å². The van der Waals surface area contributed by atoms with E-state index < -0.39 is 26.2 Å². The largest absolute Gasteiger partial charge is 1.00 e. The van der Waals surface area contributed by atoms with Gasteiger partial charge in [0.15, 0.2) is 20.3 Å². The van der Waals surface area contributed by atoms with Crippen molar-refractivity contribution in [3.8, 4) is 0 Å². The Kier molecular flexibility index (Phi) is 10.3. The quantitative estimate of drug-likeness (QED) is 0.340. The Morgan fingerprint density at radius 2 is 1.55 bits per heavy atom. The van der Waals surface area contributed by atoms with Crippen molar-refractivity contribution in [3.63, 3.8) is 0 Å². The Hall–Kier alpha value is 2.26. The molecular formula is C9H18Na2O7P2. The number of hydrogen-bond acceptors (Lipinski definition) is 5. The fourth-order valence-electron chi connectivity index (χ4n) is 2.70. The van der Waals surface area contributed by atoms with E-state index in [1.807, 2.05) is 6.92 Å². The molecule has 0 amide bonds. The maximum Gasteiger partial charge on any atom is 1.00 e. The molecular weight excluding hydrogens is 328 g/mol. The summed E-state index contributed by atoms with van der Waals surface area (Å²) in [7, 11) is -11.3. The van der Waals surface area contributed by atoms with E-state index in [4.69, 9.17) is 9.79 Å². The van der Waals surface area contributed by atoms with E-state index in [0.29, 0.717) is 12.8 Å². The average Bonchev–Trinajstić information content (AvgIpc) is 2.58. The van der Waals surface area contributed by atoms with Crippen molar-refractivity contribution in [2.24, 2.45) is 17.8 Å². The summed E-state index contributed by atoms with van der Waals surface area (Å²) in [6.45, 7) is 3.14. The third-order valence-corrected chi connectivity index (χ3v) is 7.88. The summed E-state index contributed by atoms with van der Waals surface area (Å²) in [6, 6.07) is 0. The second kappa shape index (κ2) is 8.39. The maximum atomic E-state index is 11.2. The van der Waals surface area contributed by atoms with Crippen LogP contribution in [0.4, 0.5) is 0 Å². The van der Waals surface area contributed by atoms with Gasteiger partial charge in [0, 0.05) is 5.92 Å². The van der Waals surface area contributed by atoms with Crippen LogP contribution in [0.5, 0.6) is 0 Å². The summed E-state index contributed by atoms with van der Waals surface area (Å²) >= 11 is 0. The molecule has 1 rings (SSSR count). The van der Waals surface area contributed by atoms with E-state index in [-0.39, 0.29) is 71.0 Å². The second-order valence-electron chi connectivity index (χ2n) is 5.20. The van der Waals surface area contributed by atoms with Gasteiger partial charge in [-0.3, -0.25) is 0 Å². The van der Waals surface area contributed by atoms with Gasteiger partial charge in [-0.25, -0.2) is 0 Å². The third kappa shape index (κ3) is 4.88. The Bertz CT molecular complexity index is 385. The normalized spacial score (nSPS) is 32.8. The topological polar surface area (TPSA) is 141 Å². The monoisotopic (exact) mass is 346 g/mol. The van der Waals surface area contributed by atoms with Gasteiger partial charge >= 0.3 is 59.1 Å². The summed E-state index contributed by atoms with van der Waals surface area (Å²) in [4.78, 5) is 40.3. The van der Waals surface area contributed by atoms with Crippen molar-refractivity contribution in [3.05, 3.63) is 0 Å². The molecule has 1 fully saturated rings. The zero-order valence-corrected chi connectivity index (χ0v) is 18.0. The molecule has 0 bridgehead atoms. The van der Waals surface area contributed by atoms with Crippen LogP contribution < -0.4 is 68.9 Å². The molecule has 0 radical (unpaired) electrons. The Morgan fingerprint density at radius 1 is 1.15 bits per heavy atom. The first-order chi connectivity index (χ1) is 7.91. The van der Waals surface area contributed by atoms with E-state index >= 15 is 0 Å². The minimum atomic E-state index is -5.66. The molecule has 5 atom stereocenters. The molecule has 1 aliphatic rings. The summed E-state index contributed by atoms with van der Waals surface area (Å²) in [5.74, 6) is -1.38. The van der Waals surface area contributed by atoms with Crippen LogP contribution in [0, 0.1) is 17.8 Å². The molecule has 0 saturated heterocycles. The zero-order valence-electron chi connectivity index (χ0n) is 12.2. The smallest absolute Gasteiger partial charge is 0.776 e. The van der Waals surface area contributed by atoms with E-state index in [0.717, 1.165) is 6.42 Å².